The molecule has 1 aliphatic carbocycles. The van der Waals surface area contributed by atoms with Crippen LogP contribution in [0.2, 0.25) is 0 Å². The van der Waals surface area contributed by atoms with Gasteiger partial charge >= 0.3 is 0 Å². The second-order valence-electron chi connectivity index (χ2n) is 11.1. The van der Waals surface area contributed by atoms with Crippen LogP contribution in [0.4, 0.5) is 0 Å². The fourth-order valence-electron chi connectivity index (χ4n) is 6.95. The van der Waals surface area contributed by atoms with Crippen molar-refractivity contribution in [3.05, 3.63) is 127 Å². The second-order valence-corrected chi connectivity index (χ2v) is 11.1. The third-order valence-electron chi connectivity index (χ3n) is 8.85. The maximum absolute atomic E-state index is 6.48. The minimum absolute atomic E-state index is 0.642. The summed E-state index contributed by atoms with van der Waals surface area (Å²) in [5, 5.41) is 7.03. The molecule has 2 aromatic heterocycles. The third-order valence-corrected chi connectivity index (χ3v) is 8.85. The molecular weight excluding hydrogens is 514 g/mol. The molecule has 2 heterocycles. The lowest BCUT2D eigenvalue weighted by Gasteiger charge is -2.10. The van der Waals surface area contributed by atoms with Gasteiger partial charge in [-0.1, -0.05) is 91.0 Å². The number of oxazole rings is 1. The molecule has 0 bridgehead atoms. The van der Waals surface area contributed by atoms with Crippen LogP contribution >= 0.6 is 0 Å². The highest BCUT2D eigenvalue weighted by molar-refractivity contribution is 6.25. The van der Waals surface area contributed by atoms with Gasteiger partial charge in [0.25, 0.3) is 0 Å². The Hall–Kier alpha value is -5.67. The Kier molecular flexibility index (Phi) is 4.18. The van der Waals surface area contributed by atoms with Crippen molar-refractivity contribution in [1.82, 2.24) is 4.98 Å². The van der Waals surface area contributed by atoms with E-state index < -0.39 is 0 Å². The van der Waals surface area contributed by atoms with Gasteiger partial charge in [-0.2, -0.15) is 0 Å². The Bertz CT molecular complexity index is 2570. The molecule has 0 amide bonds. The first kappa shape index (κ1) is 22.1. The molecule has 0 N–H and O–H groups in total. The summed E-state index contributed by atoms with van der Waals surface area (Å²) >= 11 is 0. The van der Waals surface area contributed by atoms with Crippen molar-refractivity contribution in [1.29, 1.82) is 0 Å². The normalized spacial score (nSPS) is 12.3. The van der Waals surface area contributed by atoms with Crippen molar-refractivity contribution in [3.8, 4) is 44.8 Å². The number of benzene rings is 7. The Labute approximate surface area is 240 Å². The van der Waals surface area contributed by atoms with Gasteiger partial charge in [-0.3, -0.25) is 0 Å². The fraction of sp³-hybridized carbons (Fsp3) is 0. The monoisotopic (exact) mass is 535 g/mol. The molecular formula is C39H21NO2. The van der Waals surface area contributed by atoms with Gasteiger partial charge in [0.1, 0.15) is 16.7 Å². The Morgan fingerprint density at radius 1 is 0.452 bits per heavy atom. The SMILES string of the molecule is c1ccc(-c2nc3ccc4ccc(-c5ccc6c7c(cccc57)-c5c-6ccc6c5oc5ccccc56)cc4c3o2)cc1. The smallest absolute Gasteiger partial charge is 0.227 e. The van der Waals surface area contributed by atoms with Crippen molar-refractivity contribution in [3.63, 3.8) is 0 Å². The minimum Gasteiger partial charge on any atom is -0.455 e. The van der Waals surface area contributed by atoms with Gasteiger partial charge < -0.3 is 8.83 Å². The average molecular weight is 536 g/mol. The van der Waals surface area contributed by atoms with Gasteiger partial charge in [0.05, 0.1) is 0 Å². The molecule has 42 heavy (non-hydrogen) atoms. The Morgan fingerprint density at radius 3 is 2.21 bits per heavy atom. The lowest BCUT2D eigenvalue weighted by Crippen LogP contribution is -1.84. The zero-order valence-corrected chi connectivity index (χ0v) is 22.4. The molecule has 0 atom stereocenters. The summed E-state index contributed by atoms with van der Waals surface area (Å²) in [5.74, 6) is 0.642. The van der Waals surface area contributed by atoms with E-state index in [1.165, 1.54) is 38.6 Å². The second kappa shape index (κ2) is 7.96. The molecule has 194 valence electrons. The molecule has 0 fully saturated rings. The fourth-order valence-corrected chi connectivity index (χ4v) is 6.95. The molecule has 3 heteroatoms. The summed E-state index contributed by atoms with van der Waals surface area (Å²) in [5.41, 5.74) is 11.8. The van der Waals surface area contributed by atoms with Crippen molar-refractivity contribution >= 4 is 54.6 Å². The van der Waals surface area contributed by atoms with E-state index in [0.29, 0.717) is 5.89 Å². The van der Waals surface area contributed by atoms with Crippen LogP contribution in [0, 0.1) is 0 Å². The topological polar surface area (TPSA) is 39.2 Å². The van der Waals surface area contributed by atoms with Crippen LogP contribution in [0.15, 0.2) is 136 Å². The number of aromatic nitrogens is 1. The summed E-state index contributed by atoms with van der Waals surface area (Å²) < 4.78 is 12.9. The van der Waals surface area contributed by atoms with Gasteiger partial charge in [-0.05, 0) is 80.4 Å². The summed E-state index contributed by atoms with van der Waals surface area (Å²) in [7, 11) is 0. The highest BCUT2D eigenvalue weighted by atomic mass is 16.3. The molecule has 0 saturated carbocycles. The van der Waals surface area contributed by atoms with Crippen LogP contribution in [0.5, 0.6) is 0 Å². The van der Waals surface area contributed by atoms with Crippen LogP contribution in [0.3, 0.4) is 0 Å². The minimum atomic E-state index is 0.642. The van der Waals surface area contributed by atoms with E-state index in [2.05, 4.69) is 84.9 Å². The van der Waals surface area contributed by atoms with Gasteiger partial charge in [-0.15, -0.1) is 0 Å². The summed E-state index contributed by atoms with van der Waals surface area (Å²) in [6, 6.07) is 44.8. The number of furan rings is 1. The van der Waals surface area contributed by atoms with E-state index in [4.69, 9.17) is 13.8 Å². The summed E-state index contributed by atoms with van der Waals surface area (Å²) in [4.78, 5) is 4.80. The quantitative estimate of drug-likeness (QED) is 0.221. The van der Waals surface area contributed by atoms with Gasteiger partial charge in [-0.25, -0.2) is 4.98 Å². The van der Waals surface area contributed by atoms with Crippen LogP contribution in [-0.4, -0.2) is 4.98 Å². The van der Waals surface area contributed by atoms with Crippen molar-refractivity contribution in [2.45, 2.75) is 0 Å². The van der Waals surface area contributed by atoms with E-state index in [1.807, 2.05) is 42.5 Å². The molecule has 0 radical (unpaired) electrons. The van der Waals surface area contributed by atoms with Crippen LogP contribution in [-0.2, 0) is 0 Å². The average Bonchev–Trinajstić information content (AvgIpc) is 3.75. The highest BCUT2D eigenvalue weighted by Crippen LogP contribution is 2.53. The molecule has 0 aliphatic heterocycles. The van der Waals surface area contributed by atoms with Crippen molar-refractivity contribution in [2.75, 3.05) is 0 Å². The number of fused-ring (bicyclic) bond motifs is 10. The third kappa shape index (κ3) is 2.87. The number of nitrogens with zero attached hydrogens (tertiary/aromatic N) is 1. The largest absolute Gasteiger partial charge is 0.455 e. The highest BCUT2D eigenvalue weighted by Gasteiger charge is 2.27. The van der Waals surface area contributed by atoms with Crippen molar-refractivity contribution in [2.24, 2.45) is 0 Å². The number of rotatable bonds is 2. The van der Waals surface area contributed by atoms with E-state index in [0.717, 1.165) is 54.9 Å². The number of para-hydroxylation sites is 1. The maximum Gasteiger partial charge on any atom is 0.227 e. The van der Waals surface area contributed by atoms with Crippen LogP contribution < -0.4 is 0 Å². The lowest BCUT2D eigenvalue weighted by molar-refractivity contribution is 0.623. The first-order valence-electron chi connectivity index (χ1n) is 14.2. The van der Waals surface area contributed by atoms with E-state index in [9.17, 15) is 0 Å². The Balaban J connectivity index is 1.20. The van der Waals surface area contributed by atoms with Crippen LogP contribution in [0.1, 0.15) is 0 Å². The van der Waals surface area contributed by atoms with E-state index >= 15 is 0 Å². The van der Waals surface area contributed by atoms with E-state index in [-0.39, 0.29) is 0 Å². The molecule has 9 aromatic rings. The zero-order chi connectivity index (χ0) is 27.4. The predicted molar refractivity (Wildman–Crippen MR) is 172 cm³/mol. The number of hydrogen-bond acceptors (Lipinski definition) is 3. The molecule has 0 spiro atoms. The molecule has 0 unspecified atom stereocenters. The molecule has 0 saturated heterocycles. The summed E-state index contributed by atoms with van der Waals surface area (Å²) in [6.07, 6.45) is 0. The predicted octanol–water partition coefficient (Wildman–Crippen LogP) is 11.0. The molecule has 1 aliphatic rings. The van der Waals surface area contributed by atoms with Gasteiger partial charge in [0, 0.05) is 27.3 Å². The summed E-state index contributed by atoms with van der Waals surface area (Å²) in [6.45, 7) is 0. The maximum atomic E-state index is 6.48. The number of hydrogen-bond donors (Lipinski definition) is 0. The van der Waals surface area contributed by atoms with E-state index in [1.54, 1.807) is 0 Å². The van der Waals surface area contributed by atoms with Crippen LogP contribution in [0.25, 0.3) is 99.4 Å². The molecule has 7 aromatic carbocycles. The Morgan fingerprint density at radius 2 is 1.26 bits per heavy atom. The standard InChI is InChI=1S/C39H21NO2/c1-2-7-23(8-3-1)39-40-33-20-15-22-13-14-24(21-32(22)37(33)42-39)25-16-17-28-29-18-19-30-26-9-4-5-12-34(26)41-38(30)36(29)31-11-6-10-27(25)35(28)31/h1-21H. The molecule has 10 rings (SSSR count). The molecule has 3 nitrogen and oxygen atoms in total. The van der Waals surface area contributed by atoms with Gasteiger partial charge in [0.2, 0.25) is 5.89 Å². The van der Waals surface area contributed by atoms with Crippen molar-refractivity contribution < 1.29 is 8.83 Å². The lowest BCUT2D eigenvalue weighted by atomic mass is 9.93. The first-order valence-corrected chi connectivity index (χ1v) is 14.2. The first-order chi connectivity index (χ1) is 20.8. The zero-order valence-electron chi connectivity index (χ0n) is 22.4. The van der Waals surface area contributed by atoms with Gasteiger partial charge in [0.15, 0.2) is 5.58 Å².